The Morgan fingerprint density at radius 1 is 1.17 bits per heavy atom. The molecule has 0 unspecified atom stereocenters. The Balaban J connectivity index is 1.80. The number of amides is 1. The van der Waals surface area contributed by atoms with Gasteiger partial charge in [-0.25, -0.2) is 8.42 Å². The lowest BCUT2D eigenvalue weighted by molar-refractivity contribution is 0.0590. The van der Waals surface area contributed by atoms with Crippen molar-refractivity contribution in [2.75, 3.05) is 19.6 Å². The molecule has 3 rings (SSSR count). The number of piperazine rings is 1. The van der Waals surface area contributed by atoms with Crippen molar-refractivity contribution in [2.24, 2.45) is 0 Å². The third-order valence-corrected chi connectivity index (χ3v) is 7.25. The first-order valence-corrected chi connectivity index (χ1v) is 10.8. The average Bonchev–Trinajstić information content (AvgIpc) is 2.67. The molecule has 2 heterocycles. The topological polar surface area (TPSA) is 94.4 Å². The van der Waals surface area contributed by atoms with Crippen LogP contribution < -0.4 is 0 Å². The van der Waals surface area contributed by atoms with Gasteiger partial charge in [-0.15, -0.1) is 0 Å². The molecule has 0 aliphatic carbocycles. The highest BCUT2D eigenvalue weighted by molar-refractivity contribution is 7.89. The number of nitriles is 1. The molecule has 0 bridgehead atoms. The number of nitrogens with zero attached hydrogens (tertiary/aromatic N) is 4. The lowest BCUT2D eigenvalue weighted by Crippen LogP contribution is -2.55. The molecule has 1 saturated heterocycles. The summed E-state index contributed by atoms with van der Waals surface area (Å²) in [5.41, 5.74) is 3.02. The molecular weight excluding hydrogens is 388 g/mol. The predicted molar refractivity (Wildman–Crippen MR) is 109 cm³/mol. The van der Waals surface area contributed by atoms with E-state index in [9.17, 15) is 13.2 Å². The van der Waals surface area contributed by atoms with Crippen LogP contribution in [0.5, 0.6) is 0 Å². The molecule has 1 aromatic heterocycles. The summed E-state index contributed by atoms with van der Waals surface area (Å²) in [5, 5.41) is 9.00. The molecule has 8 heteroatoms. The molecule has 0 spiro atoms. The van der Waals surface area contributed by atoms with Crippen LogP contribution >= 0.6 is 0 Å². The summed E-state index contributed by atoms with van der Waals surface area (Å²) in [7, 11) is -3.70. The number of benzene rings is 1. The first-order chi connectivity index (χ1) is 13.6. The second kappa shape index (κ2) is 7.93. The Labute approximate surface area is 171 Å². The minimum atomic E-state index is -3.70. The van der Waals surface area contributed by atoms with Crippen molar-refractivity contribution < 1.29 is 13.2 Å². The second-order valence-electron chi connectivity index (χ2n) is 7.39. The molecule has 0 radical (unpaired) electrons. The van der Waals surface area contributed by atoms with E-state index in [1.54, 1.807) is 36.9 Å². The number of hydrogen-bond acceptors (Lipinski definition) is 5. The lowest BCUT2D eigenvalue weighted by atomic mass is 10.1. The quantitative estimate of drug-likeness (QED) is 0.772. The zero-order valence-corrected chi connectivity index (χ0v) is 17.8. The van der Waals surface area contributed by atoms with Crippen LogP contribution in [0.1, 0.15) is 39.8 Å². The maximum atomic E-state index is 13.1. The van der Waals surface area contributed by atoms with Crippen LogP contribution in [0, 0.1) is 32.1 Å². The summed E-state index contributed by atoms with van der Waals surface area (Å²) in [6.45, 7) is 7.95. The first kappa shape index (κ1) is 21.0. The van der Waals surface area contributed by atoms with Crippen LogP contribution in [0.15, 0.2) is 35.2 Å². The third-order valence-electron chi connectivity index (χ3n) is 5.23. The highest BCUT2D eigenvalue weighted by Gasteiger charge is 2.35. The highest BCUT2D eigenvalue weighted by atomic mass is 32.2. The summed E-state index contributed by atoms with van der Waals surface area (Å²) in [6, 6.07) is 9.88. The van der Waals surface area contributed by atoms with E-state index >= 15 is 0 Å². The zero-order valence-electron chi connectivity index (χ0n) is 17.0. The lowest BCUT2D eigenvalue weighted by Gasteiger charge is -2.39. The molecule has 1 amide bonds. The Morgan fingerprint density at radius 2 is 1.90 bits per heavy atom. The molecule has 29 heavy (non-hydrogen) atoms. The molecule has 1 atom stereocenters. The monoisotopic (exact) mass is 412 g/mol. The van der Waals surface area contributed by atoms with Crippen molar-refractivity contribution >= 4 is 15.9 Å². The third kappa shape index (κ3) is 4.02. The van der Waals surface area contributed by atoms with E-state index in [4.69, 9.17) is 5.26 Å². The second-order valence-corrected chi connectivity index (χ2v) is 9.29. The predicted octanol–water partition coefficient (Wildman–Crippen LogP) is 2.41. The van der Waals surface area contributed by atoms with Gasteiger partial charge < -0.3 is 4.90 Å². The Bertz CT molecular complexity index is 1110. The number of sulfonamides is 1. The van der Waals surface area contributed by atoms with Gasteiger partial charge in [-0.05, 0) is 63.6 Å². The molecular formula is C21H24N4O3S. The van der Waals surface area contributed by atoms with Crippen LogP contribution in [-0.2, 0) is 10.0 Å². The minimum Gasteiger partial charge on any atom is -0.333 e. The SMILES string of the molecule is Cc1ccc(C(=O)N2CCN(S(=O)(=O)c3ccc(C#N)cc3C)C[C@@H]2C)c(C)n1. The fourth-order valence-corrected chi connectivity index (χ4v) is 5.38. The molecule has 1 aromatic carbocycles. The van der Waals surface area contributed by atoms with E-state index in [0.29, 0.717) is 28.9 Å². The van der Waals surface area contributed by atoms with Crippen molar-refractivity contribution in [3.8, 4) is 6.07 Å². The highest BCUT2D eigenvalue weighted by Crippen LogP contribution is 2.24. The smallest absolute Gasteiger partial charge is 0.256 e. The van der Waals surface area contributed by atoms with E-state index in [-0.39, 0.29) is 29.9 Å². The van der Waals surface area contributed by atoms with Gasteiger partial charge in [0.15, 0.2) is 0 Å². The van der Waals surface area contributed by atoms with Crippen molar-refractivity contribution in [2.45, 2.75) is 38.6 Å². The number of carbonyl (C=O) groups is 1. The fourth-order valence-electron chi connectivity index (χ4n) is 3.66. The van der Waals surface area contributed by atoms with Crippen LogP contribution in [-0.4, -0.2) is 54.2 Å². The van der Waals surface area contributed by atoms with Gasteiger partial charge in [0.2, 0.25) is 10.0 Å². The molecule has 1 aliphatic rings. The number of carbonyl (C=O) groups excluding carboxylic acids is 1. The maximum absolute atomic E-state index is 13.1. The molecule has 1 aliphatic heterocycles. The number of aryl methyl sites for hydroxylation is 3. The molecule has 152 valence electrons. The molecule has 0 saturated carbocycles. The van der Waals surface area contributed by atoms with Gasteiger partial charge in [0.1, 0.15) is 0 Å². The fraction of sp³-hybridized carbons (Fsp3) is 0.381. The van der Waals surface area contributed by atoms with E-state index in [0.717, 1.165) is 5.69 Å². The largest absolute Gasteiger partial charge is 0.333 e. The molecule has 0 N–H and O–H groups in total. The van der Waals surface area contributed by atoms with Crippen LogP contribution in [0.3, 0.4) is 0 Å². The van der Waals surface area contributed by atoms with Crippen molar-refractivity contribution in [3.63, 3.8) is 0 Å². The molecule has 2 aromatic rings. The van der Waals surface area contributed by atoms with E-state index < -0.39 is 10.0 Å². The van der Waals surface area contributed by atoms with E-state index in [1.807, 2.05) is 19.9 Å². The summed E-state index contributed by atoms with van der Waals surface area (Å²) < 4.78 is 27.7. The Morgan fingerprint density at radius 3 is 2.48 bits per heavy atom. The maximum Gasteiger partial charge on any atom is 0.256 e. The number of rotatable bonds is 3. The summed E-state index contributed by atoms with van der Waals surface area (Å²) >= 11 is 0. The summed E-state index contributed by atoms with van der Waals surface area (Å²) in [4.78, 5) is 19.2. The average molecular weight is 413 g/mol. The van der Waals surface area contributed by atoms with Gasteiger partial charge in [0.25, 0.3) is 5.91 Å². The van der Waals surface area contributed by atoms with Crippen molar-refractivity contribution in [1.29, 1.82) is 5.26 Å². The van der Waals surface area contributed by atoms with Crippen LogP contribution in [0.2, 0.25) is 0 Å². The van der Waals surface area contributed by atoms with Gasteiger partial charge in [-0.3, -0.25) is 9.78 Å². The molecule has 1 fully saturated rings. The van der Waals surface area contributed by atoms with Gasteiger partial charge in [-0.2, -0.15) is 9.57 Å². The standard InChI is InChI=1S/C21H24N4O3S/c1-14-11-18(12-22)6-8-20(14)29(27,28)24-9-10-25(16(3)13-24)21(26)19-7-5-15(2)23-17(19)4/h5-8,11,16H,9-10,13H2,1-4H3/t16-/m0/s1. The number of aromatic nitrogens is 1. The Kier molecular flexibility index (Phi) is 5.73. The van der Waals surface area contributed by atoms with Gasteiger partial charge in [-0.1, -0.05) is 0 Å². The van der Waals surface area contributed by atoms with Gasteiger partial charge in [0.05, 0.1) is 27.8 Å². The molecule has 7 nitrogen and oxygen atoms in total. The Hall–Kier alpha value is -2.76. The van der Waals surface area contributed by atoms with E-state index in [2.05, 4.69) is 4.98 Å². The summed E-state index contributed by atoms with van der Waals surface area (Å²) in [6.07, 6.45) is 0. The van der Waals surface area contributed by atoms with Crippen LogP contribution in [0.25, 0.3) is 0 Å². The van der Waals surface area contributed by atoms with Crippen molar-refractivity contribution in [3.05, 3.63) is 58.4 Å². The van der Waals surface area contributed by atoms with Crippen molar-refractivity contribution in [1.82, 2.24) is 14.2 Å². The summed E-state index contributed by atoms with van der Waals surface area (Å²) in [5.74, 6) is -0.130. The normalized spacial score (nSPS) is 17.8. The zero-order chi connectivity index (χ0) is 21.3. The number of pyridine rings is 1. The van der Waals surface area contributed by atoms with Crippen LogP contribution in [0.4, 0.5) is 0 Å². The van der Waals surface area contributed by atoms with Gasteiger partial charge >= 0.3 is 0 Å². The minimum absolute atomic E-state index is 0.130. The van der Waals surface area contributed by atoms with E-state index in [1.165, 1.54) is 16.4 Å². The first-order valence-electron chi connectivity index (χ1n) is 9.41. The number of hydrogen-bond donors (Lipinski definition) is 0. The van der Waals surface area contributed by atoms with Gasteiger partial charge in [0, 0.05) is 31.4 Å².